The molecule has 35 heavy (non-hydrogen) atoms. The quantitative estimate of drug-likeness (QED) is 0.652. The monoisotopic (exact) mass is 507 g/mol. The molecule has 192 valence electrons. The number of rotatable bonds is 3. The van der Waals surface area contributed by atoms with Crippen molar-refractivity contribution in [3.63, 3.8) is 0 Å². The summed E-state index contributed by atoms with van der Waals surface area (Å²) in [6.07, 6.45) is 2.29. The van der Waals surface area contributed by atoms with Gasteiger partial charge in [-0.1, -0.05) is 19.1 Å². The number of amides is 1. The molecule has 3 heterocycles. The van der Waals surface area contributed by atoms with Crippen LogP contribution in [0.1, 0.15) is 58.2 Å². The summed E-state index contributed by atoms with van der Waals surface area (Å²) in [4.78, 5) is 22.4. The summed E-state index contributed by atoms with van der Waals surface area (Å²) in [6, 6.07) is 8.55. The molecule has 0 saturated carbocycles. The Morgan fingerprint density at radius 2 is 1.86 bits per heavy atom. The maximum absolute atomic E-state index is 14.8. The van der Waals surface area contributed by atoms with Gasteiger partial charge in [-0.25, -0.2) is 8.78 Å². The smallest absolute Gasteiger partial charge is 0.228 e. The number of hydrogen-bond acceptors (Lipinski definition) is 4. The highest BCUT2D eigenvalue weighted by Gasteiger charge is 2.52. The lowest BCUT2D eigenvalue weighted by Gasteiger charge is -2.49. The van der Waals surface area contributed by atoms with E-state index in [-0.39, 0.29) is 29.8 Å². The highest BCUT2D eigenvalue weighted by atomic mass is 35.5. The second-order valence-corrected chi connectivity index (χ2v) is 10.9. The predicted molar refractivity (Wildman–Crippen MR) is 134 cm³/mol. The zero-order valence-electron chi connectivity index (χ0n) is 21.0. The number of halogens is 3. The van der Waals surface area contributed by atoms with Gasteiger partial charge < -0.3 is 10.0 Å². The molecule has 1 N–H and O–H groups in total. The van der Waals surface area contributed by atoms with Crippen molar-refractivity contribution in [3.05, 3.63) is 65.5 Å². The van der Waals surface area contributed by atoms with Crippen molar-refractivity contribution < 1.29 is 18.7 Å². The molecule has 2 aromatic rings. The number of aromatic nitrogens is 1. The van der Waals surface area contributed by atoms with Crippen LogP contribution in [0, 0.1) is 23.5 Å². The largest absolute Gasteiger partial charge is 0.381 e. The third-order valence-electron chi connectivity index (χ3n) is 7.96. The zero-order valence-corrected chi connectivity index (χ0v) is 21.9. The van der Waals surface area contributed by atoms with Gasteiger partial charge in [0.05, 0.1) is 17.7 Å². The third kappa shape index (κ3) is 4.95. The first-order valence-corrected chi connectivity index (χ1v) is 12.1. The van der Waals surface area contributed by atoms with Crippen LogP contribution in [0.25, 0.3) is 0 Å². The predicted octanol–water partition coefficient (Wildman–Crippen LogP) is 4.74. The fraction of sp³-hybridized carbons (Fsp3) is 0.556. The minimum atomic E-state index is -1.28. The summed E-state index contributed by atoms with van der Waals surface area (Å²) < 4.78 is 28.5. The fourth-order valence-electron chi connectivity index (χ4n) is 5.70. The van der Waals surface area contributed by atoms with Crippen LogP contribution in [0.5, 0.6) is 0 Å². The Morgan fingerprint density at radius 3 is 2.46 bits per heavy atom. The van der Waals surface area contributed by atoms with Crippen LogP contribution in [0.2, 0.25) is 0 Å². The van der Waals surface area contributed by atoms with Crippen molar-refractivity contribution in [2.45, 2.75) is 64.1 Å². The molecule has 2 aliphatic heterocycles. The Hall–Kier alpha value is -2.09. The second kappa shape index (κ2) is 10.1. The van der Waals surface area contributed by atoms with Crippen molar-refractivity contribution in [2.24, 2.45) is 11.8 Å². The Morgan fingerprint density at radius 1 is 1.14 bits per heavy atom. The molecular weight excluding hydrogens is 472 g/mol. The number of hydrogen-bond donors (Lipinski definition) is 1. The first kappa shape index (κ1) is 27.5. The van der Waals surface area contributed by atoms with Gasteiger partial charge >= 0.3 is 0 Å². The van der Waals surface area contributed by atoms with Crippen molar-refractivity contribution in [3.8, 4) is 0 Å². The van der Waals surface area contributed by atoms with E-state index in [4.69, 9.17) is 0 Å². The summed E-state index contributed by atoms with van der Waals surface area (Å²) in [5.74, 6) is -2.33. The molecule has 4 rings (SSSR count). The molecule has 1 aromatic heterocycles. The van der Waals surface area contributed by atoms with Crippen LogP contribution in [-0.2, 0) is 10.4 Å². The second-order valence-electron chi connectivity index (χ2n) is 10.9. The first-order valence-electron chi connectivity index (χ1n) is 12.1. The molecule has 2 aliphatic rings. The summed E-state index contributed by atoms with van der Waals surface area (Å²) in [7, 11) is 0. The summed E-state index contributed by atoms with van der Waals surface area (Å²) in [6.45, 7) is 11.6. The summed E-state index contributed by atoms with van der Waals surface area (Å²) >= 11 is 0. The number of pyridine rings is 1. The standard InChI is InChI=1S/C27H35F2N3O2.ClH/c1-17-11-13-32(18(2)27(17,34)24-8-6-7-12-30-24)25(33)22-16-31(26(3,4)5)15-21(22)20-10-9-19(28)14-23(20)29;/h6-10,12,14,17-18,21-22,34H,11,13,15-16H2,1-5H3;1H/t17-,18-,21-,22+,27-;/m0./s1. The van der Waals surface area contributed by atoms with Gasteiger partial charge in [-0.15, -0.1) is 12.4 Å². The Bertz CT molecular complexity index is 1050. The van der Waals surface area contributed by atoms with E-state index in [9.17, 15) is 18.7 Å². The maximum atomic E-state index is 14.8. The molecule has 0 radical (unpaired) electrons. The van der Waals surface area contributed by atoms with E-state index in [1.165, 1.54) is 12.1 Å². The molecule has 1 aromatic carbocycles. The highest BCUT2D eigenvalue weighted by molar-refractivity contribution is 5.85. The minimum absolute atomic E-state index is 0. The van der Waals surface area contributed by atoms with E-state index in [0.29, 0.717) is 37.3 Å². The van der Waals surface area contributed by atoms with Gasteiger partial charge in [-0.05, 0) is 63.8 Å². The van der Waals surface area contributed by atoms with Crippen LogP contribution in [0.4, 0.5) is 8.78 Å². The summed E-state index contributed by atoms with van der Waals surface area (Å²) in [5.41, 5.74) is -0.574. The van der Waals surface area contributed by atoms with Gasteiger partial charge in [0.25, 0.3) is 0 Å². The van der Waals surface area contributed by atoms with Crippen molar-refractivity contribution in [1.29, 1.82) is 0 Å². The van der Waals surface area contributed by atoms with Crippen LogP contribution < -0.4 is 0 Å². The Kier molecular flexibility index (Phi) is 7.94. The topological polar surface area (TPSA) is 56.7 Å². The minimum Gasteiger partial charge on any atom is -0.381 e. The maximum Gasteiger partial charge on any atom is 0.228 e. The van der Waals surface area contributed by atoms with E-state index < -0.39 is 35.1 Å². The highest BCUT2D eigenvalue weighted by Crippen LogP contribution is 2.43. The Balaban J connectivity index is 0.00000342. The molecule has 5 atom stereocenters. The van der Waals surface area contributed by atoms with Crippen LogP contribution in [0.15, 0.2) is 42.6 Å². The number of nitrogens with zero attached hydrogens (tertiary/aromatic N) is 3. The molecule has 0 unspecified atom stereocenters. The fourth-order valence-corrected chi connectivity index (χ4v) is 5.70. The van der Waals surface area contributed by atoms with Crippen LogP contribution in [-0.4, -0.2) is 57.0 Å². The van der Waals surface area contributed by atoms with E-state index >= 15 is 0 Å². The lowest BCUT2D eigenvalue weighted by atomic mass is 9.74. The van der Waals surface area contributed by atoms with Gasteiger partial charge in [0.15, 0.2) is 0 Å². The lowest BCUT2D eigenvalue weighted by Crippen LogP contribution is -2.60. The number of aliphatic hydroxyl groups is 1. The summed E-state index contributed by atoms with van der Waals surface area (Å²) in [5, 5.41) is 11.8. The van der Waals surface area contributed by atoms with Crippen molar-refractivity contribution in [1.82, 2.24) is 14.8 Å². The third-order valence-corrected chi connectivity index (χ3v) is 7.96. The van der Waals surface area contributed by atoms with Crippen molar-refractivity contribution >= 4 is 18.3 Å². The molecular formula is C27H36ClF2N3O2. The molecule has 0 bridgehead atoms. The SMILES string of the molecule is C[C@@H]1N(C(=O)[C@@H]2CN(C(C)(C)C)C[C@H]2c2ccc(F)cc2F)CC[C@H](C)[C@@]1(O)c1ccccn1.Cl. The van der Waals surface area contributed by atoms with Crippen LogP contribution >= 0.6 is 12.4 Å². The van der Waals surface area contributed by atoms with E-state index in [1.807, 2.05) is 19.9 Å². The average molecular weight is 508 g/mol. The van der Waals surface area contributed by atoms with Gasteiger partial charge in [0, 0.05) is 43.4 Å². The molecule has 1 amide bonds. The van der Waals surface area contributed by atoms with E-state index in [1.54, 1.807) is 23.2 Å². The number of carbonyl (C=O) groups excluding carboxylic acids is 1. The molecule has 8 heteroatoms. The van der Waals surface area contributed by atoms with E-state index in [0.717, 1.165) is 6.07 Å². The molecule has 5 nitrogen and oxygen atoms in total. The normalized spacial score (nSPS) is 29.7. The first-order chi connectivity index (χ1) is 15.9. The average Bonchev–Trinajstić information content (AvgIpc) is 3.23. The zero-order chi connectivity index (χ0) is 24.8. The van der Waals surface area contributed by atoms with Gasteiger partial charge in [0.2, 0.25) is 5.91 Å². The number of piperidine rings is 1. The van der Waals surface area contributed by atoms with Gasteiger partial charge in [-0.2, -0.15) is 0 Å². The van der Waals surface area contributed by atoms with Gasteiger partial charge in [0.1, 0.15) is 17.2 Å². The molecule has 2 saturated heterocycles. The van der Waals surface area contributed by atoms with Gasteiger partial charge in [-0.3, -0.25) is 14.7 Å². The number of benzene rings is 1. The van der Waals surface area contributed by atoms with Crippen LogP contribution in [0.3, 0.4) is 0 Å². The molecule has 0 spiro atoms. The Labute approximate surface area is 212 Å². The molecule has 2 fully saturated rings. The lowest BCUT2D eigenvalue weighted by molar-refractivity contribution is -0.160. The van der Waals surface area contributed by atoms with E-state index in [2.05, 4.69) is 30.7 Å². The number of likely N-dealkylation sites (tertiary alicyclic amines) is 2. The molecule has 0 aliphatic carbocycles. The number of carbonyl (C=O) groups is 1. The van der Waals surface area contributed by atoms with Crippen molar-refractivity contribution in [2.75, 3.05) is 19.6 Å².